The Labute approximate surface area is 135 Å². The molecule has 2 aromatic carbocycles. The quantitative estimate of drug-likeness (QED) is 0.787. The number of carbonyl (C=O) groups excluding carboxylic acids is 1. The molecular weight excluding hydrogens is 297 g/mol. The van der Waals surface area contributed by atoms with Crippen LogP contribution in [-0.2, 0) is 11.3 Å². The number of amides is 1. The molecule has 0 unspecified atom stereocenters. The zero-order valence-corrected chi connectivity index (χ0v) is 13.3. The van der Waals surface area contributed by atoms with Crippen LogP contribution in [0.4, 0.5) is 4.39 Å². The minimum Gasteiger partial charge on any atom is -0.490 e. The number of nitrogens with zero attached hydrogens (tertiary/aromatic N) is 1. The number of hydrogen-bond acceptors (Lipinski definition) is 3. The first kappa shape index (κ1) is 16.8. The van der Waals surface area contributed by atoms with Gasteiger partial charge in [0.2, 0.25) is 0 Å². The van der Waals surface area contributed by atoms with Crippen molar-refractivity contribution in [3.63, 3.8) is 0 Å². The van der Waals surface area contributed by atoms with Crippen molar-refractivity contribution in [2.75, 3.05) is 20.3 Å². The Hall–Kier alpha value is -2.56. The number of carbonyl (C=O) groups is 1. The molecule has 0 heterocycles. The van der Waals surface area contributed by atoms with Crippen LogP contribution in [0.1, 0.15) is 12.5 Å². The van der Waals surface area contributed by atoms with Gasteiger partial charge >= 0.3 is 0 Å². The molecule has 0 aliphatic rings. The van der Waals surface area contributed by atoms with Gasteiger partial charge in [-0.3, -0.25) is 4.79 Å². The molecular formula is C18H20FNO3. The standard InChI is InChI=1S/C18H20FNO3/c1-3-22-16-6-4-5-7-17(16)23-13-18(21)20(2)12-14-8-10-15(19)11-9-14/h4-11H,3,12-13H2,1-2H3. The lowest BCUT2D eigenvalue weighted by molar-refractivity contribution is -0.132. The van der Waals surface area contributed by atoms with Gasteiger partial charge in [0.25, 0.3) is 5.91 Å². The van der Waals surface area contributed by atoms with E-state index in [1.165, 1.54) is 17.0 Å². The summed E-state index contributed by atoms with van der Waals surface area (Å²) in [6.07, 6.45) is 0. The molecule has 5 heteroatoms. The summed E-state index contributed by atoms with van der Waals surface area (Å²) < 4.78 is 23.9. The van der Waals surface area contributed by atoms with E-state index >= 15 is 0 Å². The fourth-order valence-corrected chi connectivity index (χ4v) is 2.05. The smallest absolute Gasteiger partial charge is 0.260 e. The number of benzene rings is 2. The van der Waals surface area contributed by atoms with Gasteiger partial charge in [-0.25, -0.2) is 4.39 Å². The largest absolute Gasteiger partial charge is 0.490 e. The van der Waals surface area contributed by atoms with Crippen LogP contribution in [0.25, 0.3) is 0 Å². The molecule has 1 amide bonds. The van der Waals surface area contributed by atoms with Crippen LogP contribution in [-0.4, -0.2) is 31.1 Å². The predicted octanol–water partition coefficient (Wildman–Crippen LogP) is 3.26. The van der Waals surface area contributed by atoms with Crippen LogP contribution in [0.15, 0.2) is 48.5 Å². The zero-order chi connectivity index (χ0) is 16.7. The molecule has 122 valence electrons. The maximum Gasteiger partial charge on any atom is 0.260 e. The highest BCUT2D eigenvalue weighted by Gasteiger charge is 2.12. The molecule has 0 aliphatic carbocycles. The summed E-state index contributed by atoms with van der Waals surface area (Å²) in [7, 11) is 1.68. The summed E-state index contributed by atoms with van der Waals surface area (Å²) in [5, 5.41) is 0. The number of para-hydroxylation sites is 2. The van der Waals surface area contributed by atoms with Gasteiger partial charge in [-0.2, -0.15) is 0 Å². The van der Waals surface area contributed by atoms with Crippen LogP contribution in [0, 0.1) is 5.82 Å². The van der Waals surface area contributed by atoms with E-state index in [-0.39, 0.29) is 18.3 Å². The molecule has 0 saturated heterocycles. The first-order chi connectivity index (χ1) is 11.1. The lowest BCUT2D eigenvalue weighted by Crippen LogP contribution is -2.31. The van der Waals surface area contributed by atoms with Crippen molar-refractivity contribution in [1.29, 1.82) is 0 Å². The van der Waals surface area contributed by atoms with Crippen molar-refractivity contribution in [1.82, 2.24) is 4.90 Å². The Kier molecular flexibility index (Phi) is 5.97. The van der Waals surface area contributed by atoms with Gasteiger partial charge in [-0.05, 0) is 36.8 Å². The third-order valence-electron chi connectivity index (χ3n) is 3.26. The first-order valence-corrected chi connectivity index (χ1v) is 7.43. The third-order valence-corrected chi connectivity index (χ3v) is 3.26. The van der Waals surface area contributed by atoms with Crippen molar-refractivity contribution in [2.45, 2.75) is 13.5 Å². The highest BCUT2D eigenvalue weighted by molar-refractivity contribution is 5.77. The van der Waals surface area contributed by atoms with Crippen molar-refractivity contribution in [3.05, 3.63) is 59.9 Å². The topological polar surface area (TPSA) is 38.8 Å². The van der Waals surface area contributed by atoms with Crippen molar-refractivity contribution >= 4 is 5.91 Å². The van der Waals surface area contributed by atoms with Gasteiger partial charge in [-0.15, -0.1) is 0 Å². The Bertz CT molecular complexity index is 643. The van der Waals surface area contributed by atoms with Gasteiger partial charge < -0.3 is 14.4 Å². The summed E-state index contributed by atoms with van der Waals surface area (Å²) in [5.74, 6) is 0.695. The number of halogens is 1. The average molecular weight is 317 g/mol. The molecule has 0 fully saturated rings. The van der Waals surface area contributed by atoms with Gasteiger partial charge in [-0.1, -0.05) is 24.3 Å². The summed E-state index contributed by atoms with van der Waals surface area (Å²) in [6, 6.07) is 13.3. The van der Waals surface area contributed by atoms with E-state index in [1.807, 2.05) is 19.1 Å². The second-order valence-electron chi connectivity index (χ2n) is 5.04. The maximum absolute atomic E-state index is 12.9. The molecule has 2 aromatic rings. The van der Waals surface area contributed by atoms with E-state index in [0.717, 1.165) is 5.56 Å². The Morgan fingerprint density at radius 1 is 1.04 bits per heavy atom. The Morgan fingerprint density at radius 2 is 1.65 bits per heavy atom. The third kappa shape index (κ3) is 4.98. The molecule has 0 aliphatic heterocycles. The summed E-state index contributed by atoms with van der Waals surface area (Å²) >= 11 is 0. The fraction of sp³-hybridized carbons (Fsp3) is 0.278. The van der Waals surface area contributed by atoms with Crippen molar-refractivity contribution in [3.8, 4) is 11.5 Å². The van der Waals surface area contributed by atoms with Crippen LogP contribution >= 0.6 is 0 Å². The van der Waals surface area contributed by atoms with Crippen molar-refractivity contribution in [2.24, 2.45) is 0 Å². The summed E-state index contributed by atoms with van der Waals surface area (Å²) in [6.45, 7) is 2.73. The lowest BCUT2D eigenvalue weighted by Gasteiger charge is -2.18. The van der Waals surface area contributed by atoms with Crippen LogP contribution in [0.2, 0.25) is 0 Å². The van der Waals surface area contributed by atoms with E-state index < -0.39 is 0 Å². The molecule has 0 saturated carbocycles. The minimum atomic E-state index is -0.293. The van der Waals surface area contributed by atoms with E-state index in [9.17, 15) is 9.18 Å². The van der Waals surface area contributed by atoms with Gasteiger partial charge in [0.1, 0.15) is 5.82 Å². The predicted molar refractivity (Wildman–Crippen MR) is 86.0 cm³/mol. The number of rotatable bonds is 7. The van der Waals surface area contributed by atoms with E-state index in [4.69, 9.17) is 9.47 Å². The molecule has 0 aromatic heterocycles. The van der Waals surface area contributed by atoms with Crippen LogP contribution in [0.5, 0.6) is 11.5 Å². The fourth-order valence-electron chi connectivity index (χ4n) is 2.05. The summed E-state index contributed by atoms with van der Waals surface area (Å²) in [4.78, 5) is 13.7. The normalized spacial score (nSPS) is 10.2. The van der Waals surface area contributed by atoms with E-state index in [1.54, 1.807) is 31.3 Å². The van der Waals surface area contributed by atoms with Gasteiger partial charge in [0.05, 0.1) is 6.61 Å². The Morgan fingerprint density at radius 3 is 2.26 bits per heavy atom. The maximum atomic E-state index is 12.9. The van der Waals surface area contributed by atoms with Gasteiger partial charge in [0, 0.05) is 13.6 Å². The SMILES string of the molecule is CCOc1ccccc1OCC(=O)N(C)Cc1ccc(F)cc1. The van der Waals surface area contributed by atoms with Crippen molar-refractivity contribution < 1.29 is 18.7 Å². The molecule has 23 heavy (non-hydrogen) atoms. The molecule has 0 N–H and O–H groups in total. The lowest BCUT2D eigenvalue weighted by atomic mass is 10.2. The second kappa shape index (κ2) is 8.17. The van der Waals surface area contributed by atoms with Crippen LogP contribution in [0.3, 0.4) is 0 Å². The molecule has 0 spiro atoms. The highest BCUT2D eigenvalue weighted by atomic mass is 19.1. The number of hydrogen-bond donors (Lipinski definition) is 0. The Balaban J connectivity index is 1.90. The van der Waals surface area contributed by atoms with Crippen LogP contribution < -0.4 is 9.47 Å². The van der Waals surface area contributed by atoms with E-state index in [0.29, 0.717) is 24.7 Å². The minimum absolute atomic E-state index is 0.0816. The number of likely N-dealkylation sites (N-methyl/N-ethyl adjacent to an activating group) is 1. The molecule has 0 bridgehead atoms. The van der Waals surface area contributed by atoms with Gasteiger partial charge in [0.15, 0.2) is 18.1 Å². The summed E-state index contributed by atoms with van der Waals surface area (Å²) in [5.41, 5.74) is 0.858. The first-order valence-electron chi connectivity index (χ1n) is 7.43. The molecule has 2 rings (SSSR count). The molecule has 4 nitrogen and oxygen atoms in total. The monoisotopic (exact) mass is 317 g/mol. The highest BCUT2D eigenvalue weighted by Crippen LogP contribution is 2.26. The average Bonchev–Trinajstić information content (AvgIpc) is 2.56. The number of ether oxygens (including phenoxy) is 2. The molecule has 0 radical (unpaired) electrons. The van der Waals surface area contributed by atoms with E-state index in [2.05, 4.69) is 0 Å². The zero-order valence-electron chi connectivity index (χ0n) is 13.3. The molecule has 0 atom stereocenters. The second-order valence-corrected chi connectivity index (χ2v) is 5.04.